The fraction of sp³-hybridized carbons (Fsp3) is 0.391. The van der Waals surface area contributed by atoms with Crippen LogP contribution in [0.5, 0.6) is 0 Å². The maximum absolute atomic E-state index is 12.0. The summed E-state index contributed by atoms with van der Waals surface area (Å²) in [4.78, 5) is 2.15. The lowest BCUT2D eigenvalue weighted by molar-refractivity contribution is -0.0284. The first-order valence-corrected chi connectivity index (χ1v) is 10.2. The molecular weight excluding hydrogens is 377 g/mol. The van der Waals surface area contributed by atoms with Crippen molar-refractivity contribution in [3.05, 3.63) is 75.3 Å². The van der Waals surface area contributed by atoms with Crippen molar-refractivity contribution in [1.82, 2.24) is 4.90 Å². The Morgan fingerprint density at radius 2 is 1.56 bits per heavy atom. The van der Waals surface area contributed by atoms with Crippen molar-refractivity contribution in [2.45, 2.75) is 37.8 Å². The van der Waals surface area contributed by atoms with Crippen LogP contribution >= 0.6 is 23.2 Å². The Kier molecular flexibility index (Phi) is 6.32. The van der Waals surface area contributed by atoms with Gasteiger partial charge in [-0.1, -0.05) is 60.5 Å². The van der Waals surface area contributed by atoms with E-state index in [-0.39, 0.29) is 6.04 Å². The third-order valence-electron chi connectivity index (χ3n) is 5.66. The first-order valence-electron chi connectivity index (χ1n) is 9.40. The molecule has 27 heavy (non-hydrogen) atoms. The van der Waals surface area contributed by atoms with Crippen LogP contribution in [0, 0.1) is 5.92 Å². The number of benzene rings is 2. The van der Waals surface area contributed by atoms with Crippen LogP contribution in [-0.4, -0.2) is 35.7 Å². The van der Waals surface area contributed by atoms with Crippen LogP contribution in [0.1, 0.15) is 30.9 Å². The highest BCUT2D eigenvalue weighted by Gasteiger charge is 2.46. The van der Waals surface area contributed by atoms with Crippen molar-refractivity contribution >= 4 is 29.3 Å². The first kappa shape index (κ1) is 20.4. The van der Waals surface area contributed by atoms with Gasteiger partial charge >= 0.3 is 0 Å². The Morgan fingerprint density at radius 3 is 2.11 bits per heavy atom. The molecule has 0 aromatic heterocycles. The average Bonchev–Trinajstić information content (AvgIpc) is 2.62. The van der Waals surface area contributed by atoms with E-state index in [1.807, 2.05) is 62.6 Å². The molecule has 2 nitrogen and oxygen atoms in total. The van der Waals surface area contributed by atoms with Crippen molar-refractivity contribution < 1.29 is 5.11 Å². The summed E-state index contributed by atoms with van der Waals surface area (Å²) >= 11 is 12.1. The Labute approximate surface area is 172 Å². The van der Waals surface area contributed by atoms with Gasteiger partial charge in [-0.15, -0.1) is 0 Å². The number of rotatable bonds is 4. The van der Waals surface area contributed by atoms with Gasteiger partial charge < -0.3 is 10.0 Å². The minimum absolute atomic E-state index is 0.0583. The Hall–Kier alpha value is -1.32. The van der Waals surface area contributed by atoms with Gasteiger partial charge in [0.1, 0.15) is 5.60 Å². The molecule has 0 saturated heterocycles. The second-order valence-electron chi connectivity index (χ2n) is 7.84. The first-order chi connectivity index (χ1) is 12.8. The second-order valence-corrected chi connectivity index (χ2v) is 8.71. The maximum Gasteiger partial charge on any atom is 0.106 e. The molecule has 0 radical (unpaired) electrons. The third-order valence-corrected chi connectivity index (χ3v) is 6.16. The molecule has 0 spiro atoms. The van der Waals surface area contributed by atoms with E-state index >= 15 is 0 Å². The van der Waals surface area contributed by atoms with Crippen LogP contribution in [0.25, 0.3) is 6.08 Å². The molecule has 3 atom stereocenters. The molecule has 2 aromatic rings. The molecule has 0 aliphatic heterocycles. The predicted molar refractivity (Wildman–Crippen MR) is 115 cm³/mol. The Morgan fingerprint density at radius 1 is 1.00 bits per heavy atom. The van der Waals surface area contributed by atoms with Gasteiger partial charge in [-0.05, 0) is 73.8 Å². The molecule has 1 N–H and O–H groups in total. The summed E-state index contributed by atoms with van der Waals surface area (Å²) in [5.41, 5.74) is 2.30. The van der Waals surface area contributed by atoms with Gasteiger partial charge in [-0.3, -0.25) is 0 Å². The molecule has 0 heterocycles. The number of likely N-dealkylation sites (N-methyl/N-ethyl adjacent to an activating group) is 1. The summed E-state index contributed by atoms with van der Waals surface area (Å²) < 4.78 is 0. The van der Waals surface area contributed by atoms with Crippen LogP contribution in [-0.2, 0) is 6.42 Å². The summed E-state index contributed by atoms with van der Waals surface area (Å²) in [6.45, 7) is 2.21. The molecule has 1 fully saturated rings. The van der Waals surface area contributed by atoms with Crippen molar-refractivity contribution in [2.24, 2.45) is 5.92 Å². The number of halogens is 2. The predicted octanol–water partition coefficient (Wildman–Crippen LogP) is 5.71. The number of nitrogens with zero attached hydrogens (tertiary/aromatic N) is 1. The summed E-state index contributed by atoms with van der Waals surface area (Å²) in [5.74, 6) is 0.314. The van der Waals surface area contributed by atoms with Crippen molar-refractivity contribution in [3.8, 4) is 0 Å². The van der Waals surface area contributed by atoms with Crippen LogP contribution in [0.4, 0.5) is 0 Å². The second kappa shape index (κ2) is 8.36. The monoisotopic (exact) mass is 403 g/mol. The zero-order valence-corrected chi connectivity index (χ0v) is 17.6. The van der Waals surface area contributed by atoms with Crippen LogP contribution < -0.4 is 0 Å². The topological polar surface area (TPSA) is 23.5 Å². The van der Waals surface area contributed by atoms with E-state index in [4.69, 9.17) is 23.2 Å². The van der Waals surface area contributed by atoms with E-state index < -0.39 is 5.60 Å². The smallest absolute Gasteiger partial charge is 0.106 e. The molecule has 3 unspecified atom stereocenters. The molecule has 1 aliphatic carbocycles. The fourth-order valence-corrected chi connectivity index (χ4v) is 4.50. The molecular formula is C23H27Cl2NO. The van der Waals surface area contributed by atoms with E-state index in [0.717, 1.165) is 34.6 Å². The molecule has 0 amide bonds. The van der Waals surface area contributed by atoms with Gasteiger partial charge in [0.2, 0.25) is 0 Å². The maximum atomic E-state index is 12.0. The van der Waals surface area contributed by atoms with Crippen LogP contribution in [0.3, 0.4) is 0 Å². The van der Waals surface area contributed by atoms with Crippen LogP contribution in [0.2, 0.25) is 10.0 Å². The third kappa shape index (κ3) is 4.57. The highest BCUT2D eigenvalue weighted by molar-refractivity contribution is 6.30. The summed E-state index contributed by atoms with van der Waals surface area (Å²) in [6.07, 6.45) is 4.74. The Balaban J connectivity index is 2.05. The van der Waals surface area contributed by atoms with Crippen molar-refractivity contribution in [3.63, 3.8) is 0 Å². The van der Waals surface area contributed by atoms with E-state index in [0.29, 0.717) is 17.4 Å². The quantitative estimate of drug-likeness (QED) is 0.706. The largest absolute Gasteiger partial charge is 0.383 e. The normalized spacial score (nSPS) is 27.3. The highest BCUT2D eigenvalue weighted by Crippen LogP contribution is 2.42. The van der Waals surface area contributed by atoms with Gasteiger partial charge in [0.15, 0.2) is 0 Å². The molecule has 144 valence electrons. The zero-order valence-electron chi connectivity index (χ0n) is 16.1. The molecule has 2 aromatic carbocycles. The Bertz CT molecular complexity index is 798. The SMILES string of the molecule is CC1CCC(N(C)C)C(O)(Cc2ccc(Cl)cc2)C1=Cc1ccc(Cl)cc1. The fourth-order valence-electron chi connectivity index (χ4n) is 4.25. The summed E-state index contributed by atoms with van der Waals surface area (Å²) in [6, 6.07) is 15.6. The zero-order chi connectivity index (χ0) is 19.6. The van der Waals surface area contributed by atoms with Gasteiger partial charge in [0, 0.05) is 22.5 Å². The molecule has 4 heteroatoms. The lowest BCUT2D eigenvalue weighted by Gasteiger charge is -2.48. The van der Waals surface area contributed by atoms with Gasteiger partial charge in [0.05, 0.1) is 0 Å². The average molecular weight is 404 g/mol. The molecule has 3 rings (SSSR count). The lowest BCUT2D eigenvalue weighted by atomic mass is 9.67. The van der Waals surface area contributed by atoms with Crippen molar-refractivity contribution in [2.75, 3.05) is 14.1 Å². The van der Waals surface area contributed by atoms with E-state index in [2.05, 4.69) is 17.9 Å². The molecule has 1 saturated carbocycles. The number of hydrogen-bond acceptors (Lipinski definition) is 2. The summed E-state index contributed by atoms with van der Waals surface area (Å²) in [7, 11) is 4.10. The van der Waals surface area contributed by atoms with Crippen molar-refractivity contribution in [1.29, 1.82) is 0 Å². The number of hydrogen-bond donors (Lipinski definition) is 1. The van der Waals surface area contributed by atoms with Gasteiger partial charge in [-0.25, -0.2) is 0 Å². The van der Waals surface area contributed by atoms with Crippen LogP contribution in [0.15, 0.2) is 54.1 Å². The van der Waals surface area contributed by atoms with E-state index in [1.54, 1.807) is 0 Å². The lowest BCUT2D eigenvalue weighted by Crippen LogP contribution is -2.56. The minimum Gasteiger partial charge on any atom is -0.383 e. The summed E-state index contributed by atoms with van der Waals surface area (Å²) in [5, 5.41) is 13.4. The highest BCUT2D eigenvalue weighted by atomic mass is 35.5. The van der Waals surface area contributed by atoms with E-state index in [9.17, 15) is 5.11 Å². The number of aliphatic hydroxyl groups is 1. The minimum atomic E-state index is -0.936. The molecule has 0 bridgehead atoms. The molecule has 1 aliphatic rings. The standard InChI is InChI=1S/C23H27Cl2NO/c1-16-4-13-22(26(2)3)23(27,15-18-7-11-20(25)12-8-18)21(16)14-17-5-9-19(24)10-6-17/h5-12,14,16,22,27H,4,13,15H2,1-3H3. The van der Waals surface area contributed by atoms with Gasteiger partial charge in [0.25, 0.3) is 0 Å². The van der Waals surface area contributed by atoms with Gasteiger partial charge in [-0.2, -0.15) is 0 Å². The van der Waals surface area contributed by atoms with E-state index in [1.165, 1.54) is 0 Å².